The molecular formula is CH6OSiY. The minimum absolute atomic E-state index is 0. The minimum Gasteiger partial charge on any atom is -0.438 e. The summed E-state index contributed by atoms with van der Waals surface area (Å²) in [6, 6.07) is 0. The summed E-state index contributed by atoms with van der Waals surface area (Å²) in [7, 11) is -0.583. The van der Waals surface area contributed by atoms with E-state index < -0.39 is 9.76 Å². The number of rotatable bonds is 0. The van der Waals surface area contributed by atoms with E-state index in [9.17, 15) is 0 Å². The van der Waals surface area contributed by atoms with Crippen LogP contribution in [-0.4, -0.2) is 14.6 Å². The fraction of sp³-hybridized carbons (Fsp3) is 1.00. The minimum atomic E-state index is -0.583. The van der Waals surface area contributed by atoms with Crippen LogP contribution < -0.4 is 0 Å². The van der Waals surface area contributed by atoms with E-state index in [0.717, 1.165) is 0 Å². The van der Waals surface area contributed by atoms with Gasteiger partial charge >= 0.3 is 0 Å². The molecule has 4 heavy (non-hydrogen) atoms. The predicted molar refractivity (Wildman–Crippen MR) is 16.6 cm³/mol. The Morgan fingerprint density at radius 2 is 1.75 bits per heavy atom. The van der Waals surface area contributed by atoms with E-state index in [1.54, 1.807) is 0 Å². The molecule has 0 saturated carbocycles. The Balaban J connectivity index is 0. The maximum Gasteiger partial charge on any atom is 0.153 e. The van der Waals surface area contributed by atoms with E-state index in [2.05, 4.69) is 0 Å². The van der Waals surface area contributed by atoms with Crippen molar-refractivity contribution in [3.63, 3.8) is 0 Å². The second kappa shape index (κ2) is 8.86. The van der Waals surface area contributed by atoms with Gasteiger partial charge in [0.1, 0.15) is 0 Å². The van der Waals surface area contributed by atoms with Gasteiger partial charge in [0.2, 0.25) is 0 Å². The van der Waals surface area contributed by atoms with Gasteiger partial charge in [0.15, 0.2) is 9.76 Å². The summed E-state index contributed by atoms with van der Waals surface area (Å²) >= 11 is 0. The van der Waals surface area contributed by atoms with Crippen LogP contribution >= 0.6 is 0 Å². The van der Waals surface area contributed by atoms with Crippen molar-refractivity contribution < 1.29 is 37.5 Å². The van der Waals surface area contributed by atoms with Gasteiger partial charge in [0.05, 0.1) is 0 Å². The summed E-state index contributed by atoms with van der Waals surface area (Å²) < 4.78 is 0. The Bertz CT molecular complexity index is 8.00. The molecule has 0 aliphatic rings. The average Bonchev–Trinajstić information content (AvgIpc) is 0.918. The van der Waals surface area contributed by atoms with Crippen LogP contribution in [0.4, 0.5) is 0 Å². The molecule has 1 nitrogen and oxygen atoms in total. The van der Waals surface area contributed by atoms with E-state index in [0.29, 0.717) is 0 Å². The molecule has 0 fully saturated rings. The maximum atomic E-state index is 7.71. The monoisotopic (exact) mass is 151 g/mol. The standard InChI is InChI=1S/CH6OSi.Y/c1-3-2;/h2H,3H2,1H3;. The molecular weight excluding hydrogens is 145 g/mol. The van der Waals surface area contributed by atoms with Crippen molar-refractivity contribution >= 4 is 9.76 Å². The predicted octanol–water partition coefficient (Wildman–Crippen LogP) is -0.892. The Hall–Kier alpha value is 1.28. The van der Waals surface area contributed by atoms with Crippen LogP contribution in [0.1, 0.15) is 0 Å². The first-order chi connectivity index (χ1) is 1.41. The Labute approximate surface area is 53.6 Å². The maximum absolute atomic E-state index is 7.71. The summed E-state index contributed by atoms with van der Waals surface area (Å²) in [4.78, 5) is 7.71. The molecule has 0 rings (SSSR count). The molecule has 0 atom stereocenters. The van der Waals surface area contributed by atoms with Gasteiger partial charge in [-0.3, -0.25) is 0 Å². The third-order valence-electron chi connectivity index (χ3n) is 0. The quantitative estimate of drug-likeness (QED) is 0.445. The molecule has 1 N–H and O–H groups in total. The first kappa shape index (κ1) is 8.99. The second-order valence-electron chi connectivity index (χ2n) is 0.316. The third kappa shape index (κ3) is 10.4. The number of hydrogen-bond acceptors (Lipinski definition) is 1. The fourth-order valence-corrected chi connectivity index (χ4v) is 0. The Kier molecular flexibility index (Phi) is 19.9. The van der Waals surface area contributed by atoms with Crippen molar-refractivity contribution in [2.45, 2.75) is 6.55 Å². The van der Waals surface area contributed by atoms with E-state index in [1.807, 2.05) is 6.55 Å². The molecule has 0 aromatic heterocycles. The molecule has 0 aromatic rings. The SMILES string of the molecule is C[SiH2]O.[Y]. The largest absolute Gasteiger partial charge is 0.438 e. The third-order valence-corrected chi connectivity index (χ3v) is 0. The molecule has 0 amide bonds. The second-order valence-corrected chi connectivity index (χ2v) is 0.949. The van der Waals surface area contributed by atoms with Crippen LogP contribution in [-0.2, 0) is 32.7 Å². The zero-order chi connectivity index (χ0) is 2.71. The summed E-state index contributed by atoms with van der Waals surface area (Å²) in [5.41, 5.74) is 0. The van der Waals surface area contributed by atoms with Gasteiger partial charge in [-0.15, -0.1) is 0 Å². The molecule has 1 radical (unpaired) electrons. The van der Waals surface area contributed by atoms with E-state index in [4.69, 9.17) is 4.80 Å². The van der Waals surface area contributed by atoms with Crippen molar-refractivity contribution in [3.8, 4) is 0 Å². The molecule has 0 saturated heterocycles. The molecule has 0 heterocycles. The van der Waals surface area contributed by atoms with Gasteiger partial charge in [-0.2, -0.15) is 0 Å². The Morgan fingerprint density at radius 3 is 1.75 bits per heavy atom. The smallest absolute Gasteiger partial charge is 0.153 e. The van der Waals surface area contributed by atoms with Crippen LogP contribution in [0.3, 0.4) is 0 Å². The Morgan fingerprint density at radius 1 is 1.75 bits per heavy atom. The average molecular weight is 151 g/mol. The molecule has 23 valence electrons. The van der Waals surface area contributed by atoms with Crippen molar-refractivity contribution in [3.05, 3.63) is 0 Å². The van der Waals surface area contributed by atoms with E-state index >= 15 is 0 Å². The number of hydrogen-bond donors (Lipinski definition) is 1. The van der Waals surface area contributed by atoms with Crippen LogP contribution in [0.2, 0.25) is 6.55 Å². The van der Waals surface area contributed by atoms with Crippen molar-refractivity contribution in [2.75, 3.05) is 0 Å². The fourth-order valence-electron chi connectivity index (χ4n) is 0. The zero-order valence-corrected chi connectivity index (χ0v) is 6.98. The van der Waals surface area contributed by atoms with Crippen molar-refractivity contribution in [2.24, 2.45) is 0 Å². The van der Waals surface area contributed by atoms with Gasteiger partial charge in [0.25, 0.3) is 0 Å². The normalized spacial score (nSPS) is 7.50. The van der Waals surface area contributed by atoms with Crippen LogP contribution in [0.25, 0.3) is 0 Å². The van der Waals surface area contributed by atoms with Crippen molar-refractivity contribution in [1.29, 1.82) is 0 Å². The van der Waals surface area contributed by atoms with Gasteiger partial charge in [-0.05, 0) is 0 Å². The molecule has 0 unspecified atom stereocenters. The zero-order valence-electron chi connectivity index (χ0n) is 2.73. The molecule has 0 aromatic carbocycles. The van der Waals surface area contributed by atoms with Crippen LogP contribution in [0.5, 0.6) is 0 Å². The summed E-state index contributed by atoms with van der Waals surface area (Å²) in [6.45, 7) is 1.82. The molecule has 0 aliphatic carbocycles. The first-order valence-electron chi connectivity index (χ1n) is 1.02. The van der Waals surface area contributed by atoms with E-state index in [-0.39, 0.29) is 32.7 Å². The topological polar surface area (TPSA) is 20.2 Å². The van der Waals surface area contributed by atoms with Crippen molar-refractivity contribution in [1.82, 2.24) is 0 Å². The van der Waals surface area contributed by atoms with Crippen LogP contribution in [0, 0.1) is 0 Å². The van der Waals surface area contributed by atoms with Gasteiger partial charge in [-0.1, -0.05) is 6.55 Å². The summed E-state index contributed by atoms with van der Waals surface area (Å²) in [6.07, 6.45) is 0. The van der Waals surface area contributed by atoms with Crippen LogP contribution in [0.15, 0.2) is 0 Å². The molecule has 0 bridgehead atoms. The van der Waals surface area contributed by atoms with Gasteiger partial charge in [-0.25, -0.2) is 0 Å². The molecule has 0 aliphatic heterocycles. The van der Waals surface area contributed by atoms with Gasteiger partial charge in [0, 0.05) is 32.7 Å². The summed E-state index contributed by atoms with van der Waals surface area (Å²) in [5.74, 6) is 0. The van der Waals surface area contributed by atoms with E-state index in [1.165, 1.54) is 0 Å². The molecule has 0 spiro atoms. The first-order valence-corrected chi connectivity index (χ1v) is 3.07. The summed E-state index contributed by atoms with van der Waals surface area (Å²) in [5, 5.41) is 0. The van der Waals surface area contributed by atoms with Gasteiger partial charge < -0.3 is 4.80 Å². The molecule has 3 heteroatoms.